The van der Waals surface area contributed by atoms with Crippen molar-refractivity contribution in [3.05, 3.63) is 11.7 Å². The lowest BCUT2D eigenvalue weighted by Crippen LogP contribution is -2.45. The first kappa shape index (κ1) is 18.2. The summed E-state index contributed by atoms with van der Waals surface area (Å²) in [5.41, 5.74) is 0. The van der Waals surface area contributed by atoms with E-state index in [0.717, 1.165) is 13.1 Å². The predicted octanol–water partition coefficient (Wildman–Crippen LogP) is 0.445. The smallest absolute Gasteiger partial charge is 0.317 e. The molecule has 1 aromatic heterocycles. The highest BCUT2D eigenvalue weighted by molar-refractivity contribution is 5.89. The van der Waals surface area contributed by atoms with E-state index in [1.54, 1.807) is 11.9 Å². The summed E-state index contributed by atoms with van der Waals surface area (Å²) in [4.78, 5) is 31.4. The first-order valence-corrected chi connectivity index (χ1v) is 8.29. The van der Waals surface area contributed by atoms with Crippen molar-refractivity contribution in [1.29, 1.82) is 0 Å². The summed E-state index contributed by atoms with van der Waals surface area (Å²) < 4.78 is 4.92. The molecule has 9 nitrogen and oxygen atoms in total. The maximum atomic E-state index is 12.1. The third-order valence-corrected chi connectivity index (χ3v) is 4.30. The van der Waals surface area contributed by atoms with Crippen molar-refractivity contribution >= 4 is 11.9 Å². The Labute approximate surface area is 141 Å². The molecular weight excluding hydrogens is 312 g/mol. The van der Waals surface area contributed by atoms with Crippen molar-refractivity contribution in [2.75, 3.05) is 33.7 Å². The van der Waals surface area contributed by atoms with Crippen LogP contribution < -0.4 is 10.6 Å². The zero-order valence-corrected chi connectivity index (χ0v) is 14.5. The van der Waals surface area contributed by atoms with Crippen LogP contribution in [0.4, 0.5) is 4.79 Å². The molecule has 0 unspecified atom stereocenters. The number of nitrogens with zero attached hydrogens (tertiary/aromatic N) is 4. The van der Waals surface area contributed by atoms with Crippen LogP contribution in [0, 0.1) is 0 Å². The molecule has 0 spiro atoms. The van der Waals surface area contributed by atoms with E-state index in [-0.39, 0.29) is 24.3 Å². The minimum absolute atomic E-state index is 0.0470. The Morgan fingerprint density at radius 1 is 1.42 bits per heavy atom. The van der Waals surface area contributed by atoms with E-state index in [2.05, 4.69) is 32.6 Å². The summed E-state index contributed by atoms with van der Waals surface area (Å²) >= 11 is 0. The van der Waals surface area contributed by atoms with E-state index in [1.807, 2.05) is 0 Å². The van der Waals surface area contributed by atoms with Crippen molar-refractivity contribution in [3.8, 4) is 0 Å². The lowest BCUT2D eigenvalue weighted by atomic mass is 10.0. The number of rotatable bonds is 6. The molecule has 3 amide bonds. The van der Waals surface area contributed by atoms with Crippen LogP contribution in [-0.2, 0) is 6.54 Å². The topological polar surface area (TPSA) is 104 Å². The molecule has 1 fully saturated rings. The Balaban J connectivity index is 1.73. The number of urea groups is 1. The molecule has 1 aromatic rings. The first-order valence-electron chi connectivity index (χ1n) is 8.29. The zero-order chi connectivity index (χ0) is 17.5. The van der Waals surface area contributed by atoms with Gasteiger partial charge in [-0.15, -0.1) is 0 Å². The van der Waals surface area contributed by atoms with Crippen LogP contribution in [-0.4, -0.2) is 71.7 Å². The van der Waals surface area contributed by atoms with E-state index in [0.29, 0.717) is 12.6 Å². The highest BCUT2D eigenvalue weighted by Gasteiger charge is 2.19. The molecule has 0 aliphatic carbocycles. The van der Waals surface area contributed by atoms with Gasteiger partial charge in [0.2, 0.25) is 5.89 Å². The fraction of sp³-hybridized carbons (Fsp3) is 0.733. The molecular formula is C15H26N6O3. The van der Waals surface area contributed by atoms with Gasteiger partial charge in [-0.05, 0) is 26.3 Å². The Morgan fingerprint density at radius 3 is 2.92 bits per heavy atom. The van der Waals surface area contributed by atoms with Gasteiger partial charge in [-0.25, -0.2) is 4.79 Å². The van der Waals surface area contributed by atoms with E-state index in [1.165, 1.54) is 26.3 Å². The second-order valence-electron chi connectivity index (χ2n) is 6.05. The van der Waals surface area contributed by atoms with Gasteiger partial charge in [-0.1, -0.05) is 11.6 Å². The summed E-state index contributed by atoms with van der Waals surface area (Å²) in [6.07, 6.45) is 3.74. The number of carbonyl (C=O) groups excluding carboxylic acids is 2. The number of likely N-dealkylation sites (N-methyl/N-ethyl adjacent to an activating group) is 1. The maximum absolute atomic E-state index is 12.1. The minimum atomic E-state index is -0.427. The van der Waals surface area contributed by atoms with Gasteiger partial charge in [0.1, 0.15) is 0 Å². The lowest BCUT2D eigenvalue weighted by molar-refractivity contribution is 0.0950. The van der Waals surface area contributed by atoms with Crippen molar-refractivity contribution in [3.63, 3.8) is 0 Å². The van der Waals surface area contributed by atoms with Gasteiger partial charge in [0.25, 0.3) is 11.7 Å². The number of hydrogen-bond donors (Lipinski definition) is 2. The standard InChI is InChI=1S/C15H26N6O3/c1-11-6-4-5-7-21(11)9-8-20(3)15(23)17-10-12-18-13(19-24-12)14(22)16-2/h11H,4-10H2,1-3H3,(H,16,22)(H,17,23)/t11-/m0/s1. The Bertz CT molecular complexity index is 561. The van der Waals surface area contributed by atoms with Gasteiger partial charge in [0.05, 0.1) is 6.54 Å². The first-order chi connectivity index (χ1) is 11.5. The Hall–Kier alpha value is -2.16. The van der Waals surface area contributed by atoms with E-state index in [4.69, 9.17) is 4.52 Å². The summed E-state index contributed by atoms with van der Waals surface area (Å²) in [5, 5.41) is 8.66. The molecule has 1 saturated heterocycles. The Morgan fingerprint density at radius 2 is 2.21 bits per heavy atom. The van der Waals surface area contributed by atoms with E-state index in [9.17, 15) is 9.59 Å². The van der Waals surface area contributed by atoms with Gasteiger partial charge in [0, 0.05) is 33.2 Å². The molecule has 0 saturated carbocycles. The van der Waals surface area contributed by atoms with Gasteiger partial charge in [-0.2, -0.15) is 4.98 Å². The summed E-state index contributed by atoms with van der Waals surface area (Å²) in [5.74, 6) is -0.279. The molecule has 0 aromatic carbocycles. The van der Waals surface area contributed by atoms with Crippen LogP contribution in [0.1, 0.15) is 42.7 Å². The quantitative estimate of drug-likeness (QED) is 0.780. The van der Waals surface area contributed by atoms with Crippen LogP contribution in [0.15, 0.2) is 4.52 Å². The largest absolute Gasteiger partial charge is 0.352 e. The van der Waals surface area contributed by atoms with Crippen molar-refractivity contribution < 1.29 is 14.1 Å². The molecule has 9 heteroatoms. The van der Waals surface area contributed by atoms with Gasteiger partial charge in [-0.3, -0.25) is 9.69 Å². The van der Waals surface area contributed by atoms with Gasteiger partial charge < -0.3 is 20.1 Å². The fourth-order valence-corrected chi connectivity index (χ4v) is 2.69. The number of piperidine rings is 1. The lowest BCUT2D eigenvalue weighted by Gasteiger charge is -2.34. The molecule has 2 N–H and O–H groups in total. The van der Waals surface area contributed by atoms with Crippen LogP contribution in [0.2, 0.25) is 0 Å². The second-order valence-corrected chi connectivity index (χ2v) is 6.05. The number of carbonyl (C=O) groups is 2. The second kappa shape index (κ2) is 8.62. The predicted molar refractivity (Wildman–Crippen MR) is 87.4 cm³/mol. The highest BCUT2D eigenvalue weighted by Crippen LogP contribution is 2.15. The average molecular weight is 338 g/mol. The molecule has 1 aliphatic rings. The number of likely N-dealkylation sites (tertiary alicyclic amines) is 1. The van der Waals surface area contributed by atoms with E-state index >= 15 is 0 Å². The number of nitrogens with one attached hydrogen (secondary N) is 2. The van der Waals surface area contributed by atoms with Crippen LogP contribution in [0.3, 0.4) is 0 Å². The fourth-order valence-electron chi connectivity index (χ4n) is 2.69. The molecule has 2 heterocycles. The monoisotopic (exact) mass is 338 g/mol. The van der Waals surface area contributed by atoms with Crippen molar-refractivity contribution in [2.45, 2.75) is 38.8 Å². The van der Waals surface area contributed by atoms with Gasteiger partial charge >= 0.3 is 6.03 Å². The van der Waals surface area contributed by atoms with Crippen molar-refractivity contribution in [1.82, 2.24) is 30.6 Å². The third-order valence-electron chi connectivity index (χ3n) is 4.30. The molecule has 1 aliphatic heterocycles. The van der Waals surface area contributed by atoms with Crippen molar-refractivity contribution in [2.24, 2.45) is 0 Å². The van der Waals surface area contributed by atoms with E-state index < -0.39 is 5.91 Å². The molecule has 0 bridgehead atoms. The Kier molecular flexibility index (Phi) is 6.53. The zero-order valence-electron chi connectivity index (χ0n) is 14.5. The molecule has 24 heavy (non-hydrogen) atoms. The highest BCUT2D eigenvalue weighted by atomic mass is 16.5. The SMILES string of the molecule is CNC(=O)c1noc(CNC(=O)N(C)CCN2CCCC[C@@H]2C)n1. The molecule has 2 rings (SSSR count). The normalized spacial score (nSPS) is 18.2. The third kappa shape index (κ3) is 4.92. The summed E-state index contributed by atoms with van der Waals surface area (Å²) in [6, 6.07) is 0.371. The molecule has 0 radical (unpaired) electrons. The maximum Gasteiger partial charge on any atom is 0.317 e. The number of amides is 3. The summed E-state index contributed by atoms with van der Waals surface area (Å²) in [7, 11) is 3.24. The average Bonchev–Trinajstić information content (AvgIpc) is 3.07. The molecule has 134 valence electrons. The van der Waals surface area contributed by atoms with Crippen LogP contribution >= 0.6 is 0 Å². The number of hydrogen-bond acceptors (Lipinski definition) is 6. The minimum Gasteiger partial charge on any atom is -0.352 e. The number of aromatic nitrogens is 2. The molecule has 1 atom stereocenters. The van der Waals surface area contributed by atoms with Crippen LogP contribution in [0.25, 0.3) is 0 Å². The van der Waals surface area contributed by atoms with Gasteiger partial charge in [0.15, 0.2) is 0 Å². The summed E-state index contributed by atoms with van der Waals surface area (Å²) in [6.45, 7) is 4.95. The van der Waals surface area contributed by atoms with Crippen LogP contribution in [0.5, 0.6) is 0 Å².